The number of aromatic nitrogens is 4. The highest BCUT2D eigenvalue weighted by atomic mass is 16.4. The summed E-state index contributed by atoms with van der Waals surface area (Å²) in [7, 11) is 1.77. The summed E-state index contributed by atoms with van der Waals surface area (Å²) in [6.07, 6.45) is 3.20. The Morgan fingerprint density at radius 3 is 2.72 bits per heavy atom. The Morgan fingerprint density at radius 2 is 2.22 bits per heavy atom. The van der Waals surface area contributed by atoms with Gasteiger partial charge in [0.15, 0.2) is 0 Å². The number of carboxylic acids is 1. The van der Waals surface area contributed by atoms with E-state index in [-0.39, 0.29) is 5.56 Å². The van der Waals surface area contributed by atoms with E-state index in [1.54, 1.807) is 34.9 Å². The quantitative estimate of drug-likeness (QED) is 0.892. The number of aromatic carboxylic acids is 1. The lowest BCUT2D eigenvalue weighted by Gasteiger charge is -2.03. The average Bonchev–Trinajstić information content (AvgIpc) is 2.83. The molecule has 0 spiro atoms. The van der Waals surface area contributed by atoms with Crippen LogP contribution in [0.15, 0.2) is 18.5 Å². The fourth-order valence-electron chi connectivity index (χ4n) is 1.84. The topological polar surface area (TPSA) is 72.9 Å². The summed E-state index contributed by atoms with van der Waals surface area (Å²) in [5, 5.41) is 17.6. The molecule has 0 aliphatic heterocycles. The van der Waals surface area contributed by atoms with Crippen LogP contribution in [0.4, 0.5) is 0 Å². The molecule has 2 aromatic rings. The molecule has 0 saturated heterocycles. The van der Waals surface area contributed by atoms with Crippen molar-refractivity contribution in [2.45, 2.75) is 20.4 Å². The number of nitrogens with zero attached hydrogens (tertiary/aromatic N) is 4. The SMILES string of the molecule is CC(C)Cn1cc(C(=O)O)c(-c2ccnn2C)n1. The second-order valence-electron chi connectivity index (χ2n) is 4.65. The highest BCUT2D eigenvalue weighted by Gasteiger charge is 2.19. The molecule has 2 heterocycles. The summed E-state index contributed by atoms with van der Waals surface area (Å²) in [6, 6.07) is 1.76. The second kappa shape index (κ2) is 4.64. The van der Waals surface area contributed by atoms with E-state index in [0.717, 1.165) is 0 Å². The number of hydrogen-bond acceptors (Lipinski definition) is 3. The zero-order valence-electron chi connectivity index (χ0n) is 10.7. The number of hydrogen-bond donors (Lipinski definition) is 1. The molecular formula is C12H16N4O2. The molecule has 0 bridgehead atoms. The summed E-state index contributed by atoms with van der Waals surface area (Å²) >= 11 is 0. The maximum atomic E-state index is 11.2. The fraction of sp³-hybridized carbons (Fsp3) is 0.417. The van der Waals surface area contributed by atoms with E-state index in [1.165, 1.54) is 0 Å². The highest BCUT2D eigenvalue weighted by molar-refractivity contribution is 5.94. The average molecular weight is 248 g/mol. The molecular weight excluding hydrogens is 232 g/mol. The van der Waals surface area contributed by atoms with E-state index < -0.39 is 5.97 Å². The molecule has 0 radical (unpaired) electrons. The van der Waals surface area contributed by atoms with Crippen LogP contribution < -0.4 is 0 Å². The van der Waals surface area contributed by atoms with Gasteiger partial charge in [-0.25, -0.2) is 4.79 Å². The molecule has 2 aromatic heterocycles. The van der Waals surface area contributed by atoms with Gasteiger partial charge < -0.3 is 5.11 Å². The van der Waals surface area contributed by atoms with Crippen LogP contribution >= 0.6 is 0 Å². The summed E-state index contributed by atoms with van der Waals surface area (Å²) in [5.74, 6) is -0.563. The molecule has 0 amide bonds. The Labute approximate surface area is 105 Å². The molecule has 18 heavy (non-hydrogen) atoms. The third-order valence-electron chi connectivity index (χ3n) is 2.61. The van der Waals surface area contributed by atoms with Crippen LogP contribution in [0.2, 0.25) is 0 Å². The molecule has 2 rings (SSSR count). The van der Waals surface area contributed by atoms with Gasteiger partial charge in [-0.3, -0.25) is 9.36 Å². The smallest absolute Gasteiger partial charge is 0.339 e. The van der Waals surface area contributed by atoms with Crippen LogP contribution in [-0.2, 0) is 13.6 Å². The van der Waals surface area contributed by atoms with Gasteiger partial charge in [0.1, 0.15) is 11.3 Å². The predicted octanol–water partition coefficient (Wildman–Crippen LogP) is 1.64. The molecule has 0 aromatic carbocycles. The van der Waals surface area contributed by atoms with Gasteiger partial charge in [-0.2, -0.15) is 10.2 Å². The first-order valence-electron chi connectivity index (χ1n) is 5.78. The fourth-order valence-corrected chi connectivity index (χ4v) is 1.84. The summed E-state index contributed by atoms with van der Waals surface area (Å²) in [5.41, 5.74) is 1.37. The molecule has 6 nitrogen and oxygen atoms in total. The van der Waals surface area contributed by atoms with Gasteiger partial charge in [0.2, 0.25) is 0 Å². The van der Waals surface area contributed by atoms with Crippen molar-refractivity contribution >= 4 is 5.97 Å². The molecule has 1 N–H and O–H groups in total. The minimum Gasteiger partial charge on any atom is -0.478 e. The van der Waals surface area contributed by atoms with Crippen molar-refractivity contribution in [2.24, 2.45) is 13.0 Å². The zero-order chi connectivity index (χ0) is 13.3. The first kappa shape index (κ1) is 12.3. The van der Waals surface area contributed by atoms with Gasteiger partial charge in [0.25, 0.3) is 0 Å². The van der Waals surface area contributed by atoms with E-state index in [1.807, 2.05) is 0 Å². The van der Waals surface area contributed by atoms with Crippen LogP contribution in [0.3, 0.4) is 0 Å². The normalized spacial score (nSPS) is 11.1. The number of rotatable bonds is 4. The lowest BCUT2D eigenvalue weighted by molar-refractivity contribution is 0.0697. The van der Waals surface area contributed by atoms with Gasteiger partial charge in [-0.1, -0.05) is 13.8 Å². The van der Waals surface area contributed by atoms with Crippen molar-refractivity contribution in [3.63, 3.8) is 0 Å². The molecule has 0 aliphatic rings. The van der Waals surface area contributed by atoms with Crippen molar-refractivity contribution < 1.29 is 9.90 Å². The van der Waals surface area contributed by atoms with Gasteiger partial charge >= 0.3 is 5.97 Å². The minimum atomic E-state index is -0.971. The molecule has 6 heteroatoms. The van der Waals surface area contributed by atoms with E-state index in [9.17, 15) is 9.90 Å². The summed E-state index contributed by atoms with van der Waals surface area (Å²) < 4.78 is 3.30. The third kappa shape index (κ3) is 2.27. The van der Waals surface area contributed by atoms with Gasteiger partial charge in [-0.05, 0) is 12.0 Å². The van der Waals surface area contributed by atoms with E-state index >= 15 is 0 Å². The number of carbonyl (C=O) groups is 1. The van der Waals surface area contributed by atoms with E-state index in [4.69, 9.17) is 0 Å². The Kier molecular flexibility index (Phi) is 3.18. The maximum Gasteiger partial charge on any atom is 0.339 e. The van der Waals surface area contributed by atoms with Crippen molar-refractivity contribution in [3.8, 4) is 11.4 Å². The third-order valence-corrected chi connectivity index (χ3v) is 2.61. The van der Waals surface area contributed by atoms with E-state index in [2.05, 4.69) is 24.0 Å². The Bertz CT molecular complexity index is 568. The van der Waals surface area contributed by atoms with Gasteiger partial charge in [0, 0.05) is 26.0 Å². The van der Waals surface area contributed by atoms with Gasteiger partial charge in [-0.15, -0.1) is 0 Å². The Hall–Kier alpha value is -2.11. The Morgan fingerprint density at radius 1 is 1.50 bits per heavy atom. The highest BCUT2D eigenvalue weighted by Crippen LogP contribution is 2.21. The first-order chi connectivity index (χ1) is 8.49. The molecule has 0 atom stereocenters. The number of aryl methyl sites for hydroxylation is 1. The van der Waals surface area contributed by atoms with Crippen molar-refractivity contribution in [1.82, 2.24) is 19.6 Å². The number of carboxylic acid groups (broad SMARTS) is 1. The zero-order valence-corrected chi connectivity index (χ0v) is 10.7. The van der Waals surface area contributed by atoms with Crippen LogP contribution in [0.1, 0.15) is 24.2 Å². The van der Waals surface area contributed by atoms with Gasteiger partial charge in [0.05, 0.1) is 5.69 Å². The lowest BCUT2D eigenvalue weighted by Crippen LogP contribution is -2.05. The lowest BCUT2D eigenvalue weighted by atomic mass is 10.2. The molecule has 0 saturated carbocycles. The molecule has 96 valence electrons. The van der Waals surface area contributed by atoms with E-state index in [0.29, 0.717) is 23.9 Å². The standard InChI is InChI=1S/C12H16N4O2/c1-8(2)6-16-7-9(12(17)18)11(14-16)10-4-5-13-15(10)3/h4-5,7-8H,6H2,1-3H3,(H,17,18). The first-order valence-corrected chi connectivity index (χ1v) is 5.78. The Balaban J connectivity index is 2.48. The second-order valence-corrected chi connectivity index (χ2v) is 4.65. The molecule has 0 aliphatic carbocycles. The molecule has 0 fully saturated rings. The minimum absolute atomic E-state index is 0.208. The van der Waals surface area contributed by atoms with Crippen molar-refractivity contribution in [2.75, 3.05) is 0 Å². The summed E-state index contributed by atoms with van der Waals surface area (Å²) in [4.78, 5) is 11.2. The predicted molar refractivity (Wildman–Crippen MR) is 66.2 cm³/mol. The van der Waals surface area contributed by atoms with Crippen LogP contribution in [0, 0.1) is 5.92 Å². The van der Waals surface area contributed by atoms with Crippen LogP contribution in [-0.4, -0.2) is 30.6 Å². The maximum absolute atomic E-state index is 11.2. The largest absolute Gasteiger partial charge is 0.478 e. The van der Waals surface area contributed by atoms with Crippen LogP contribution in [0.25, 0.3) is 11.4 Å². The molecule has 0 unspecified atom stereocenters. The van der Waals surface area contributed by atoms with Crippen molar-refractivity contribution in [1.29, 1.82) is 0 Å². The summed E-state index contributed by atoms with van der Waals surface area (Å²) in [6.45, 7) is 4.82. The van der Waals surface area contributed by atoms with Crippen LogP contribution in [0.5, 0.6) is 0 Å². The van der Waals surface area contributed by atoms with Crippen molar-refractivity contribution in [3.05, 3.63) is 24.0 Å². The monoisotopic (exact) mass is 248 g/mol.